The van der Waals surface area contributed by atoms with Crippen molar-refractivity contribution in [1.29, 1.82) is 0 Å². The minimum atomic E-state index is -4.15. The Bertz CT molecular complexity index is 782. The molecule has 0 radical (unpaired) electrons. The summed E-state index contributed by atoms with van der Waals surface area (Å²) in [6, 6.07) is 13.6. The summed E-state index contributed by atoms with van der Waals surface area (Å²) in [5.41, 5.74) is 1.50. The van der Waals surface area contributed by atoms with Gasteiger partial charge in [-0.2, -0.15) is 13.2 Å². The van der Waals surface area contributed by atoms with Crippen LogP contribution in [-0.2, 0) is 4.79 Å². The maximum Gasteiger partial charge on any atom is 0.389 e. The van der Waals surface area contributed by atoms with Crippen molar-refractivity contribution in [2.45, 2.75) is 25.9 Å². The lowest BCUT2D eigenvalue weighted by Crippen LogP contribution is -2.09. The number of halogens is 3. The zero-order chi connectivity index (χ0) is 19.0. The number of hydrogen-bond donors (Lipinski definition) is 0. The van der Waals surface area contributed by atoms with Crippen molar-refractivity contribution in [2.24, 2.45) is 0 Å². The third kappa shape index (κ3) is 7.31. The molecule has 0 aliphatic carbocycles. The van der Waals surface area contributed by atoms with Crippen LogP contribution in [0.15, 0.2) is 48.5 Å². The molecule has 136 valence electrons. The van der Waals surface area contributed by atoms with Crippen molar-refractivity contribution in [2.75, 3.05) is 6.61 Å². The van der Waals surface area contributed by atoms with Gasteiger partial charge in [-0.25, -0.2) is 0 Å². The molecular formula is C20H17F3O3. The minimum Gasteiger partial charge on any atom is -0.494 e. The zero-order valence-corrected chi connectivity index (χ0v) is 14.1. The van der Waals surface area contributed by atoms with Crippen LogP contribution in [0.3, 0.4) is 0 Å². The maximum atomic E-state index is 12.0. The fraction of sp³-hybridized carbons (Fsp3) is 0.250. The first-order chi connectivity index (χ1) is 12.3. The molecule has 0 heterocycles. The van der Waals surface area contributed by atoms with E-state index in [4.69, 9.17) is 9.47 Å². The molecule has 0 spiro atoms. The van der Waals surface area contributed by atoms with Crippen molar-refractivity contribution in [3.05, 3.63) is 59.7 Å². The zero-order valence-electron chi connectivity index (χ0n) is 14.1. The number of carbonyl (C=O) groups is 1. The number of benzene rings is 2. The van der Waals surface area contributed by atoms with Crippen molar-refractivity contribution >= 4 is 5.97 Å². The Hall–Kier alpha value is -2.94. The normalized spacial score (nSPS) is 10.6. The lowest BCUT2D eigenvalue weighted by Gasteiger charge is -2.08. The van der Waals surface area contributed by atoms with E-state index in [9.17, 15) is 18.0 Å². The summed E-state index contributed by atoms with van der Waals surface area (Å²) in [5.74, 6) is 6.52. The monoisotopic (exact) mass is 362 g/mol. The molecule has 0 N–H and O–H groups in total. The smallest absolute Gasteiger partial charge is 0.389 e. The fourth-order valence-electron chi connectivity index (χ4n) is 2.01. The van der Waals surface area contributed by atoms with E-state index in [1.807, 2.05) is 0 Å². The second kappa shape index (κ2) is 8.95. The second-order valence-electron chi connectivity index (χ2n) is 5.46. The van der Waals surface area contributed by atoms with Crippen LogP contribution in [0.1, 0.15) is 30.9 Å². The topological polar surface area (TPSA) is 35.5 Å². The van der Waals surface area contributed by atoms with Gasteiger partial charge in [-0.1, -0.05) is 11.8 Å². The van der Waals surface area contributed by atoms with E-state index in [1.54, 1.807) is 48.5 Å². The van der Waals surface area contributed by atoms with Gasteiger partial charge in [0.05, 0.1) is 6.61 Å². The maximum absolute atomic E-state index is 12.0. The molecule has 0 bridgehead atoms. The Morgan fingerprint density at radius 1 is 0.923 bits per heavy atom. The molecule has 0 fully saturated rings. The molecule has 0 aromatic heterocycles. The Balaban J connectivity index is 1.87. The fourth-order valence-corrected chi connectivity index (χ4v) is 2.01. The van der Waals surface area contributed by atoms with Gasteiger partial charge < -0.3 is 9.47 Å². The predicted octanol–water partition coefficient (Wildman–Crippen LogP) is 4.73. The second-order valence-corrected chi connectivity index (χ2v) is 5.46. The molecule has 2 aromatic rings. The van der Waals surface area contributed by atoms with Gasteiger partial charge in [0, 0.05) is 24.5 Å². The highest BCUT2D eigenvalue weighted by atomic mass is 19.4. The number of alkyl halides is 3. The van der Waals surface area contributed by atoms with Gasteiger partial charge in [-0.3, -0.25) is 4.79 Å². The van der Waals surface area contributed by atoms with Crippen molar-refractivity contribution < 1.29 is 27.4 Å². The van der Waals surface area contributed by atoms with E-state index < -0.39 is 12.6 Å². The van der Waals surface area contributed by atoms with Gasteiger partial charge in [0.1, 0.15) is 11.5 Å². The summed E-state index contributed by atoms with van der Waals surface area (Å²) in [7, 11) is 0. The van der Waals surface area contributed by atoms with Gasteiger partial charge in [0.25, 0.3) is 0 Å². The molecule has 2 rings (SSSR count). The molecule has 0 aliphatic rings. The summed E-state index contributed by atoms with van der Waals surface area (Å²) >= 11 is 0. The molecule has 0 aliphatic heterocycles. The van der Waals surface area contributed by atoms with Gasteiger partial charge in [-0.05, 0) is 55.0 Å². The quantitative estimate of drug-likeness (QED) is 0.334. The van der Waals surface area contributed by atoms with Crippen LogP contribution < -0.4 is 9.47 Å². The van der Waals surface area contributed by atoms with Gasteiger partial charge >= 0.3 is 12.1 Å². The lowest BCUT2D eigenvalue weighted by atomic mass is 10.2. The SMILES string of the molecule is CC(=O)Oc1ccc(C#Cc2ccc(OCCCC(F)(F)F)cc2)cc1. The number of carbonyl (C=O) groups excluding carboxylic acids is 1. The molecule has 0 amide bonds. The highest BCUT2D eigenvalue weighted by molar-refractivity contribution is 5.69. The van der Waals surface area contributed by atoms with E-state index in [2.05, 4.69) is 11.8 Å². The standard InChI is InChI=1S/C20H17F3O3/c1-15(24)26-19-11-7-17(8-12-19)4-3-16-5-9-18(10-6-16)25-14-2-13-20(21,22)23/h5-12H,2,13-14H2,1H3. The number of ether oxygens (including phenoxy) is 2. The van der Waals surface area contributed by atoms with Crippen LogP contribution >= 0.6 is 0 Å². The third-order valence-corrected chi connectivity index (χ3v) is 3.19. The predicted molar refractivity (Wildman–Crippen MR) is 91.0 cm³/mol. The molecule has 0 atom stereocenters. The Morgan fingerprint density at radius 2 is 1.42 bits per heavy atom. The highest BCUT2D eigenvalue weighted by Crippen LogP contribution is 2.21. The molecule has 6 heteroatoms. The minimum absolute atomic E-state index is 0.0131. The summed E-state index contributed by atoms with van der Waals surface area (Å²) < 4.78 is 46.3. The molecule has 0 unspecified atom stereocenters. The van der Waals surface area contributed by atoms with Crippen LogP contribution in [0.25, 0.3) is 0 Å². The Morgan fingerprint density at radius 3 is 1.88 bits per heavy atom. The molecular weight excluding hydrogens is 345 g/mol. The average Bonchev–Trinajstić information content (AvgIpc) is 2.58. The summed E-state index contributed by atoms with van der Waals surface area (Å²) in [4.78, 5) is 10.9. The molecule has 0 saturated carbocycles. The first-order valence-electron chi connectivity index (χ1n) is 7.92. The Kier molecular flexibility index (Phi) is 6.67. The van der Waals surface area contributed by atoms with Crippen LogP contribution in [0, 0.1) is 11.8 Å². The average molecular weight is 362 g/mol. The van der Waals surface area contributed by atoms with Crippen molar-refractivity contribution in [3.63, 3.8) is 0 Å². The first-order valence-corrected chi connectivity index (χ1v) is 7.92. The summed E-state index contributed by atoms with van der Waals surface area (Å²) in [6.45, 7) is 1.34. The number of hydrogen-bond acceptors (Lipinski definition) is 3. The van der Waals surface area contributed by atoms with Gasteiger partial charge in [-0.15, -0.1) is 0 Å². The summed E-state index contributed by atoms with van der Waals surface area (Å²) in [6.07, 6.45) is -5.08. The Labute approximate surface area is 149 Å². The number of rotatable bonds is 5. The largest absolute Gasteiger partial charge is 0.494 e. The van der Waals surface area contributed by atoms with Crippen LogP contribution in [-0.4, -0.2) is 18.8 Å². The van der Waals surface area contributed by atoms with E-state index in [1.165, 1.54) is 6.92 Å². The van der Waals surface area contributed by atoms with E-state index in [0.29, 0.717) is 11.5 Å². The van der Waals surface area contributed by atoms with Crippen LogP contribution in [0.2, 0.25) is 0 Å². The van der Waals surface area contributed by atoms with E-state index >= 15 is 0 Å². The van der Waals surface area contributed by atoms with E-state index in [-0.39, 0.29) is 19.0 Å². The molecule has 0 saturated heterocycles. The first kappa shape index (κ1) is 19.4. The van der Waals surface area contributed by atoms with Crippen LogP contribution in [0.4, 0.5) is 13.2 Å². The van der Waals surface area contributed by atoms with E-state index in [0.717, 1.165) is 11.1 Å². The number of esters is 1. The van der Waals surface area contributed by atoms with Gasteiger partial charge in [0.2, 0.25) is 0 Å². The van der Waals surface area contributed by atoms with Crippen molar-refractivity contribution in [3.8, 4) is 23.3 Å². The lowest BCUT2D eigenvalue weighted by molar-refractivity contribution is -0.136. The highest BCUT2D eigenvalue weighted by Gasteiger charge is 2.26. The van der Waals surface area contributed by atoms with Crippen LogP contribution in [0.5, 0.6) is 11.5 Å². The molecule has 2 aromatic carbocycles. The third-order valence-electron chi connectivity index (χ3n) is 3.19. The molecule has 26 heavy (non-hydrogen) atoms. The summed E-state index contributed by atoms with van der Waals surface area (Å²) in [5, 5.41) is 0. The molecule has 3 nitrogen and oxygen atoms in total. The van der Waals surface area contributed by atoms with Gasteiger partial charge in [0.15, 0.2) is 0 Å². The van der Waals surface area contributed by atoms with Crippen molar-refractivity contribution in [1.82, 2.24) is 0 Å².